The molecule has 1 aromatic heterocycles. The summed E-state index contributed by atoms with van der Waals surface area (Å²) in [5.74, 6) is -0.925. The second-order valence-corrected chi connectivity index (χ2v) is 5.67. The van der Waals surface area contributed by atoms with E-state index in [-0.39, 0.29) is 12.4 Å². The Hall–Kier alpha value is -3.40. The summed E-state index contributed by atoms with van der Waals surface area (Å²) in [6.45, 7) is -0.480. The topological polar surface area (TPSA) is 148 Å². The molecule has 10 heteroatoms. The van der Waals surface area contributed by atoms with Gasteiger partial charge in [0.05, 0.1) is 12.3 Å². The van der Waals surface area contributed by atoms with Crippen LogP contribution in [-0.4, -0.2) is 58.4 Å². The highest BCUT2D eigenvalue weighted by atomic mass is 16.3. The Bertz CT molecular complexity index is 806. The van der Waals surface area contributed by atoms with Gasteiger partial charge >= 0.3 is 6.03 Å². The van der Waals surface area contributed by atoms with E-state index in [1.807, 2.05) is 30.3 Å². The lowest BCUT2D eigenvalue weighted by molar-refractivity contribution is -0.128. The second-order valence-electron chi connectivity index (χ2n) is 5.67. The van der Waals surface area contributed by atoms with Gasteiger partial charge in [0, 0.05) is 12.6 Å². The molecule has 0 radical (unpaired) electrons. The minimum Gasteiger partial charge on any atom is -0.394 e. The zero-order chi connectivity index (χ0) is 18.5. The van der Waals surface area contributed by atoms with Crippen LogP contribution in [0.5, 0.6) is 0 Å². The largest absolute Gasteiger partial charge is 0.394 e. The van der Waals surface area contributed by atoms with Crippen LogP contribution < -0.4 is 21.3 Å². The van der Waals surface area contributed by atoms with E-state index in [1.54, 1.807) is 6.07 Å². The molecule has 2 aromatic rings. The number of anilines is 1. The van der Waals surface area contributed by atoms with Gasteiger partial charge in [0.15, 0.2) is 5.82 Å². The summed E-state index contributed by atoms with van der Waals surface area (Å²) in [6.07, 6.45) is 0. The second kappa shape index (κ2) is 7.66. The fourth-order valence-corrected chi connectivity index (χ4v) is 2.44. The molecule has 26 heavy (non-hydrogen) atoms. The fraction of sp³-hybridized carbons (Fsp3) is 0.250. The highest BCUT2D eigenvalue weighted by Crippen LogP contribution is 2.19. The lowest BCUT2D eigenvalue weighted by Crippen LogP contribution is -2.52. The molecule has 2 unspecified atom stereocenters. The molecule has 0 spiro atoms. The van der Waals surface area contributed by atoms with Gasteiger partial charge in [-0.2, -0.15) is 5.10 Å². The number of benzene rings is 1. The van der Waals surface area contributed by atoms with Crippen LogP contribution >= 0.6 is 0 Å². The van der Waals surface area contributed by atoms with Crippen molar-refractivity contribution in [3.63, 3.8) is 0 Å². The maximum atomic E-state index is 12.3. The number of carbonyl (C=O) groups excluding carboxylic acids is 3. The number of rotatable bonds is 6. The number of nitrogens with zero attached hydrogens (tertiary/aromatic N) is 1. The Kier molecular flexibility index (Phi) is 5.13. The number of aromatic amines is 1. The minimum atomic E-state index is -1.17. The molecule has 1 aromatic carbocycles. The Morgan fingerprint density at radius 3 is 2.73 bits per heavy atom. The number of nitrogens with one attached hydrogen (secondary N) is 5. The molecule has 4 amide bonds. The zero-order valence-corrected chi connectivity index (χ0v) is 13.7. The molecule has 1 saturated heterocycles. The van der Waals surface area contributed by atoms with Crippen molar-refractivity contribution < 1.29 is 19.5 Å². The van der Waals surface area contributed by atoms with Crippen LogP contribution in [0.3, 0.4) is 0 Å². The quantitative estimate of drug-likeness (QED) is 0.399. The number of aromatic nitrogens is 2. The van der Waals surface area contributed by atoms with Crippen molar-refractivity contribution >= 4 is 23.7 Å². The molecule has 0 saturated carbocycles. The van der Waals surface area contributed by atoms with Crippen molar-refractivity contribution in [2.45, 2.75) is 12.1 Å². The molecule has 3 rings (SSSR count). The van der Waals surface area contributed by atoms with E-state index in [2.05, 4.69) is 31.5 Å². The number of urea groups is 1. The van der Waals surface area contributed by atoms with Crippen LogP contribution in [0.1, 0.15) is 0 Å². The summed E-state index contributed by atoms with van der Waals surface area (Å²) in [7, 11) is 0. The molecule has 6 N–H and O–H groups in total. The summed E-state index contributed by atoms with van der Waals surface area (Å²) in [6, 6.07) is 8.64. The zero-order valence-electron chi connectivity index (χ0n) is 13.7. The summed E-state index contributed by atoms with van der Waals surface area (Å²) in [4.78, 5) is 35.4. The van der Waals surface area contributed by atoms with E-state index in [0.717, 1.165) is 5.56 Å². The Morgan fingerprint density at radius 2 is 2.08 bits per heavy atom. The molecule has 0 bridgehead atoms. The smallest absolute Gasteiger partial charge is 0.315 e. The Labute approximate surface area is 148 Å². The summed E-state index contributed by atoms with van der Waals surface area (Å²) >= 11 is 0. The summed E-state index contributed by atoms with van der Waals surface area (Å²) in [5.41, 5.74) is 1.61. The van der Waals surface area contributed by atoms with E-state index in [9.17, 15) is 19.5 Å². The molecule has 0 aliphatic carbocycles. The van der Waals surface area contributed by atoms with Crippen molar-refractivity contribution in [3.8, 4) is 11.3 Å². The third-order valence-electron chi connectivity index (χ3n) is 3.82. The van der Waals surface area contributed by atoms with Crippen molar-refractivity contribution in [1.29, 1.82) is 0 Å². The van der Waals surface area contributed by atoms with Gasteiger partial charge in [-0.1, -0.05) is 30.3 Å². The van der Waals surface area contributed by atoms with Gasteiger partial charge in [0.25, 0.3) is 5.91 Å². The van der Waals surface area contributed by atoms with Gasteiger partial charge in [-0.05, 0) is 5.56 Å². The van der Waals surface area contributed by atoms with Crippen LogP contribution in [0.25, 0.3) is 11.3 Å². The van der Waals surface area contributed by atoms with E-state index in [1.165, 1.54) is 0 Å². The van der Waals surface area contributed by atoms with Gasteiger partial charge in [-0.15, -0.1) is 0 Å². The third kappa shape index (κ3) is 3.98. The third-order valence-corrected chi connectivity index (χ3v) is 3.82. The normalized spacial score (nSPS) is 17.1. The van der Waals surface area contributed by atoms with Crippen molar-refractivity contribution in [3.05, 3.63) is 36.4 Å². The van der Waals surface area contributed by atoms with Gasteiger partial charge in [-0.25, -0.2) is 4.79 Å². The van der Waals surface area contributed by atoms with E-state index >= 15 is 0 Å². The maximum Gasteiger partial charge on any atom is 0.315 e. The highest BCUT2D eigenvalue weighted by molar-refractivity contribution is 5.98. The van der Waals surface area contributed by atoms with E-state index in [4.69, 9.17) is 0 Å². The standard InChI is InChI=1S/C16H18N6O4/c23-8-12(18-14(24)11-7-17-16(26)19-11)15(25)20-13-6-10(21-22-13)9-4-2-1-3-5-9/h1-6,11-12,23H,7-8H2,(H,18,24)(H2,17,19,26)(H2,20,21,22,25). The van der Waals surface area contributed by atoms with Gasteiger partial charge < -0.3 is 26.4 Å². The lowest BCUT2D eigenvalue weighted by atomic mass is 10.1. The first-order chi connectivity index (χ1) is 12.6. The molecule has 1 aliphatic rings. The molecule has 10 nitrogen and oxygen atoms in total. The molecular formula is C16H18N6O4. The van der Waals surface area contributed by atoms with Crippen LogP contribution in [0, 0.1) is 0 Å². The van der Waals surface area contributed by atoms with Crippen LogP contribution in [0.2, 0.25) is 0 Å². The molecule has 2 atom stereocenters. The molecule has 2 heterocycles. The fourth-order valence-electron chi connectivity index (χ4n) is 2.44. The molecular weight excluding hydrogens is 340 g/mol. The number of aliphatic hydroxyl groups is 1. The lowest BCUT2D eigenvalue weighted by Gasteiger charge is -2.17. The van der Waals surface area contributed by atoms with Gasteiger partial charge in [0.2, 0.25) is 5.91 Å². The van der Waals surface area contributed by atoms with Crippen molar-refractivity contribution in [1.82, 2.24) is 26.1 Å². The summed E-state index contributed by atoms with van der Waals surface area (Å²) < 4.78 is 0. The number of aliphatic hydroxyl groups excluding tert-OH is 1. The highest BCUT2D eigenvalue weighted by Gasteiger charge is 2.30. The first kappa shape index (κ1) is 17.4. The van der Waals surface area contributed by atoms with E-state index in [0.29, 0.717) is 5.69 Å². The van der Waals surface area contributed by atoms with Gasteiger partial charge in [0.1, 0.15) is 12.1 Å². The van der Waals surface area contributed by atoms with Crippen LogP contribution in [0.4, 0.5) is 10.6 Å². The number of hydrogen-bond acceptors (Lipinski definition) is 5. The Morgan fingerprint density at radius 1 is 1.31 bits per heavy atom. The average molecular weight is 358 g/mol. The molecule has 1 aliphatic heterocycles. The van der Waals surface area contributed by atoms with Crippen LogP contribution in [0.15, 0.2) is 36.4 Å². The number of amides is 4. The first-order valence-electron chi connectivity index (χ1n) is 7.94. The minimum absolute atomic E-state index is 0.115. The average Bonchev–Trinajstić information content (AvgIpc) is 3.29. The summed E-state index contributed by atoms with van der Waals surface area (Å²) in [5, 5.41) is 26.0. The Balaban J connectivity index is 1.60. The van der Waals surface area contributed by atoms with Gasteiger partial charge in [-0.3, -0.25) is 14.7 Å². The monoisotopic (exact) mass is 358 g/mol. The number of hydrogen-bond donors (Lipinski definition) is 6. The van der Waals surface area contributed by atoms with E-state index < -0.39 is 36.5 Å². The number of H-pyrrole nitrogens is 1. The predicted octanol–water partition coefficient (Wildman–Crippen LogP) is -0.826. The predicted molar refractivity (Wildman–Crippen MR) is 92.0 cm³/mol. The molecule has 136 valence electrons. The van der Waals surface area contributed by atoms with Crippen molar-refractivity contribution in [2.75, 3.05) is 18.5 Å². The maximum absolute atomic E-state index is 12.3. The molecule has 1 fully saturated rings. The SMILES string of the molecule is O=C1NCC(C(=O)NC(CO)C(=O)Nc2cc(-c3ccccc3)[nH]n2)N1. The van der Waals surface area contributed by atoms with Crippen LogP contribution in [-0.2, 0) is 9.59 Å². The first-order valence-corrected chi connectivity index (χ1v) is 7.94. The number of carbonyl (C=O) groups is 3. The van der Waals surface area contributed by atoms with Crippen molar-refractivity contribution in [2.24, 2.45) is 0 Å².